The number of rotatable bonds is 19. The molecule has 0 aliphatic carbocycles. The molecule has 6 nitrogen and oxygen atoms in total. The zero-order valence-corrected chi connectivity index (χ0v) is 32.1. The molecule has 4 aromatic carbocycles. The molecule has 272 valence electrons. The fourth-order valence-electron chi connectivity index (χ4n) is 5.87. The van der Waals surface area contributed by atoms with Crippen molar-refractivity contribution in [1.82, 2.24) is 0 Å². The highest BCUT2D eigenvalue weighted by atomic mass is 16.5. The molecule has 0 saturated carbocycles. The third-order valence-corrected chi connectivity index (χ3v) is 10.3. The normalized spacial score (nSPS) is 12.0. The van der Waals surface area contributed by atoms with Gasteiger partial charge in [-0.2, -0.15) is 5.11 Å². The number of azo groups is 1. The van der Waals surface area contributed by atoms with Crippen LogP contribution in [0.25, 0.3) is 10.8 Å². The maximum atomic E-state index is 11.4. The maximum absolute atomic E-state index is 11.4. The zero-order valence-electron chi connectivity index (χ0n) is 32.1. The summed E-state index contributed by atoms with van der Waals surface area (Å²) in [6.45, 7) is 20.8. The summed E-state index contributed by atoms with van der Waals surface area (Å²) in [6, 6.07) is 27.4. The van der Waals surface area contributed by atoms with Crippen molar-refractivity contribution in [2.75, 3.05) is 18.5 Å². The van der Waals surface area contributed by atoms with Gasteiger partial charge in [-0.05, 0) is 84.5 Å². The predicted molar refractivity (Wildman–Crippen MR) is 214 cm³/mol. The maximum Gasteiger partial charge on any atom is 0.333 e. The number of nitrogens with one attached hydrogen (secondary N) is 1. The first kappa shape index (κ1) is 39.3. The van der Waals surface area contributed by atoms with E-state index in [0.29, 0.717) is 18.7 Å². The van der Waals surface area contributed by atoms with Crippen LogP contribution in [0.15, 0.2) is 101 Å². The number of hydrogen-bond donors (Lipinski definition) is 1. The first-order chi connectivity index (χ1) is 24.4. The number of esters is 1. The highest BCUT2D eigenvalue weighted by molar-refractivity contribution is 6.00. The lowest BCUT2D eigenvalue weighted by molar-refractivity contribution is -0.139. The summed E-state index contributed by atoms with van der Waals surface area (Å²) in [5, 5.41) is 15.2. The molecule has 0 aromatic heterocycles. The molecule has 0 fully saturated rings. The van der Waals surface area contributed by atoms with E-state index in [2.05, 4.69) is 131 Å². The van der Waals surface area contributed by atoms with E-state index in [1.807, 2.05) is 6.07 Å². The predicted octanol–water partition coefficient (Wildman–Crippen LogP) is 13.1. The molecular formula is C45H59N3O3. The van der Waals surface area contributed by atoms with Gasteiger partial charge in [0.05, 0.1) is 24.6 Å². The van der Waals surface area contributed by atoms with Crippen molar-refractivity contribution in [2.45, 2.75) is 112 Å². The van der Waals surface area contributed by atoms with Crippen molar-refractivity contribution in [3.63, 3.8) is 0 Å². The molecule has 0 unspecified atom stereocenters. The van der Waals surface area contributed by atoms with E-state index in [0.717, 1.165) is 65.0 Å². The second kappa shape index (κ2) is 18.7. The molecular weight excluding hydrogens is 631 g/mol. The van der Waals surface area contributed by atoms with E-state index in [9.17, 15) is 4.79 Å². The van der Waals surface area contributed by atoms with Crippen LogP contribution in [-0.2, 0) is 21.5 Å². The van der Waals surface area contributed by atoms with E-state index < -0.39 is 0 Å². The van der Waals surface area contributed by atoms with Gasteiger partial charge in [0.1, 0.15) is 5.75 Å². The van der Waals surface area contributed by atoms with Crippen LogP contribution in [0.4, 0.5) is 17.1 Å². The van der Waals surface area contributed by atoms with Crippen molar-refractivity contribution in [3.8, 4) is 5.75 Å². The van der Waals surface area contributed by atoms with E-state index in [1.165, 1.54) is 43.2 Å². The quantitative estimate of drug-likeness (QED) is 0.0460. The number of benzene rings is 4. The molecule has 4 aromatic rings. The Morgan fingerprint density at radius 2 is 1.31 bits per heavy atom. The molecule has 6 heteroatoms. The third kappa shape index (κ3) is 11.5. The van der Waals surface area contributed by atoms with Crippen LogP contribution in [0.1, 0.15) is 110 Å². The molecule has 1 N–H and O–H groups in total. The highest BCUT2D eigenvalue weighted by Crippen LogP contribution is 2.42. The third-order valence-electron chi connectivity index (χ3n) is 10.3. The van der Waals surface area contributed by atoms with Gasteiger partial charge in [0.2, 0.25) is 0 Å². The number of anilines is 1. The summed E-state index contributed by atoms with van der Waals surface area (Å²) >= 11 is 0. The summed E-state index contributed by atoms with van der Waals surface area (Å²) in [4.78, 5) is 11.4. The topological polar surface area (TPSA) is 72.3 Å². The Morgan fingerprint density at radius 3 is 1.94 bits per heavy atom. The summed E-state index contributed by atoms with van der Waals surface area (Å²) in [7, 11) is 0. The van der Waals surface area contributed by atoms with Crippen LogP contribution >= 0.6 is 0 Å². The Kier molecular flexibility index (Phi) is 14.4. The van der Waals surface area contributed by atoms with Crippen molar-refractivity contribution >= 4 is 33.8 Å². The number of ether oxygens (including phenoxy) is 2. The molecule has 0 aliphatic heterocycles. The smallest absolute Gasteiger partial charge is 0.333 e. The Bertz CT molecular complexity index is 1770. The van der Waals surface area contributed by atoms with Crippen molar-refractivity contribution in [1.29, 1.82) is 0 Å². The van der Waals surface area contributed by atoms with Crippen LogP contribution < -0.4 is 10.1 Å². The lowest BCUT2D eigenvalue weighted by atomic mass is 9.65. The average Bonchev–Trinajstić information content (AvgIpc) is 3.10. The molecule has 0 aliphatic rings. The summed E-state index contributed by atoms with van der Waals surface area (Å²) in [5.41, 5.74) is 7.10. The second-order valence-electron chi connectivity index (χ2n) is 15.3. The number of hydrogen-bond acceptors (Lipinski definition) is 6. The lowest BCUT2D eigenvalue weighted by Gasteiger charge is -2.39. The van der Waals surface area contributed by atoms with E-state index >= 15 is 0 Å². The van der Waals surface area contributed by atoms with Crippen molar-refractivity contribution in [3.05, 3.63) is 108 Å². The van der Waals surface area contributed by atoms with Gasteiger partial charge < -0.3 is 14.8 Å². The Balaban J connectivity index is 1.21. The van der Waals surface area contributed by atoms with Gasteiger partial charge in [-0.1, -0.05) is 128 Å². The summed E-state index contributed by atoms with van der Waals surface area (Å²) in [5.74, 6) is 0.624. The molecule has 0 atom stereocenters. The average molecular weight is 690 g/mol. The van der Waals surface area contributed by atoms with E-state index in [4.69, 9.17) is 14.6 Å². The molecule has 0 bridgehead atoms. The first-order valence-corrected chi connectivity index (χ1v) is 18.7. The molecule has 0 amide bonds. The minimum atomic E-state index is -0.287. The van der Waals surface area contributed by atoms with Gasteiger partial charge in [-0.3, -0.25) is 0 Å². The second-order valence-corrected chi connectivity index (χ2v) is 15.3. The van der Waals surface area contributed by atoms with Gasteiger partial charge in [0.15, 0.2) is 0 Å². The van der Waals surface area contributed by atoms with E-state index in [1.54, 1.807) is 6.92 Å². The van der Waals surface area contributed by atoms with Gasteiger partial charge >= 0.3 is 5.97 Å². The zero-order chi connectivity index (χ0) is 36.9. The van der Waals surface area contributed by atoms with Crippen LogP contribution in [0.3, 0.4) is 0 Å². The molecule has 0 heterocycles. The van der Waals surface area contributed by atoms with Gasteiger partial charge in [0.25, 0.3) is 0 Å². The molecule has 4 rings (SSSR count). The summed E-state index contributed by atoms with van der Waals surface area (Å²) < 4.78 is 11.2. The molecule has 51 heavy (non-hydrogen) atoms. The molecule has 0 radical (unpaired) electrons. The fourth-order valence-corrected chi connectivity index (χ4v) is 5.87. The monoisotopic (exact) mass is 689 g/mol. The SMILES string of the molecule is C=C(C)C(=O)OCCCCCCCCCCOc1ccc(CNc2ccc(/N=N/c3ccc(C(C)(C)C(C)(C)C)cc3C)c3ccccc23)cc1. The Labute approximate surface area is 306 Å². The number of aryl methyl sites for hydroxylation is 1. The van der Waals surface area contributed by atoms with Crippen LogP contribution in [0, 0.1) is 12.3 Å². The van der Waals surface area contributed by atoms with E-state index in [-0.39, 0.29) is 16.8 Å². The van der Waals surface area contributed by atoms with Gasteiger partial charge in [-0.15, -0.1) is 5.11 Å². The number of nitrogens with zero attached hydrogens (tertiary/aromatic N) is 2. The van der Waals surface area contributed by atoms with Gasteiger partial charge in [-0.25, -0.2) is 4.79 Å². The van der Waals surface area contributed by atoms with Crippen molar-refractivity contribution in [2.24, 2.45) is 15.6 Å². The van der Waals surface area contributed by atoms with Crippen LogP contribution in [0.5, 0.6) is 5.75 Å². The fraction of sp³-hybridized carbons (Fsp3) is 0.444. The summed E-state index contributed by atoms with van der Waals surface area (Å²) in [6.07, 6.45) is 9.12. The molecule has 0 saturated heterocycles. The highest BCUT2D eigenvalue weighted by Gasteiger charge is 2.34. The lowest BCUT2D eigenvalue weighted by Crippen LogP contribution is -2.33. The number of carbonyl (C=O) groups is 1. The number of carbonyl (C=O) groups excluding carboxylic acids is 1. The number of fused-ring (bicyclic) bond motifs is 1. The van der Waals surface area contributed by atoms with Gasteiger partial charge in [0, 0.05) is 28.6 Å². The minimum Gasteiger partial charge on any atom is -0.494 e. The van der Waals surface area contributed by atoms with Crippen molar-refractivity contribution < 1.29 is 14.3 Å². The minimum absolute atomic E-state index is 0.0392. The molecule has 0 spiro atoms. The number of unbranched alkanes of at least 4 members (excludes halogenated alkanes) is 7. The Hall–Kier alpha value is -4.45. The van der Waals surface area contributed by atoms with Crippen LogP contribution in [-0.4, -0.2) is 19.2 Å². The first-order valence-electron chi connectivity index (χ1n) is 18.7. The Morgan fingerprint density at radius 1 is 0.725 bits per heavy atom. The van der Waals surface area contributed by atoms with Crippen LogP contribution in [0.2, 0.25) is 0 Å². The standard InChI is InChI=1S/C45H59N3O3/c1-33(2)43(49)51-30-18-14-12-10-9-11-13-17-29-50-37-24-21-35(22-25-37)32-46-41-27-28-42(39-20-16-15-19-38(39)41)48-47-40-26-23-36(31-34(40)3)45(7,8)44(4,5)6/h15-16,19-28,31,46H,1,9-14,17-18,29-30,32H2,2-8H3/b48-47+. The largest absolute Gasteiger partial charge is 0.494 e.